The van der Waals surface area contributed by atoms with Gasteiger partial charge in [-0.3, -0.25) is 9.08 Å². The summed E-state index contributed by atoms with van der Waals surface area (Å²) in [5.74, 6) is -0.408. The van der Waals surface area contributed by atoms with E-state index in [0.717, 1.165) is 44.0 Å². The fourth-order valence-electron chi connectivity index (χ4n) is 6.89. The SMILES string of the molecule is [C-]#[N+]CCCS(=O)(=O)c1ccc(-c2cnc3ccc(-c4cn(C(c5ccccc5)(c5ccccc5)c5ccccc5)nc4-c4ccc(F)cc4)cn23)s1. The van der Waals surface area contributed by atoms with E-state index >= 15 is 0 Å². The quantitative estimate of drug-likeness (QED) is 0.0754. The Hall–Kier alpha value is -6.15. The molecule has 0 spiro atoms. The van der Waals surface area contributed by atoms with Gasteiger partial charge in [-0.05, 0) is 65.2 Å². The topological polar surface area (TPSA) is 73.6 Å². The van der Waals surface area contributed by atoms with Crippen LogP contribution in [0.4, 0.5) is 4.39 Å². The molecule has 0 radical (unpaired) electrons. The zero-order valence-electron chi connectivity index (χ0n) is 28.4. The van der Waals surface area contributed by atoms with Crippen LogP contribution in [0, 0.1) is 12.4 Å². The van der Waals surface area contributed by atoms with Crippen LogP contribution in [0.5, 0.6) is 0 Å². The lowest BCUT2D eigenvalue weighted by molar-refractivity contribution is 0.461. The van der Waals surface area contributed by atoms with E-state index in [1.54, 1.807) is 30.5 Å². The van der Waals surface area contributed by atoms with Gasteiger partial charge in [0, 0.05) is 35.5 Å². The number of hydrogen-bond acceptors (Lipinski definition) is 5. The minimum absolute atomic E-state index is 0.0702. The van der Waals surface area contributed by atoms with Crippen molar-refractivity contribution in [3.63, 3.8) is 0 Å². The zero-order chi connectivity index (χ0) is 36.4. The van der Waals surface area contributed by atoms with Gasteiger partial charge in [0.25, 0.3) is 0 Å². The number of imidazole rings is 1. The fourth-order valence-corrected chi connectivity index (χ4v) is 9.65. The maximum atomic E-state index is 14.3. The molecule has 53 heavy (non-hydrogen) atoms. The number of benzene rings is 4. The monoisotopic (exact) mass is 733 g/mol. The Labute approximate surface area is 311 Å². The minimum atomic E-state index is -3.52. The lowest BCUT2D eigenvalue weighted by Gasteiger charge is -2.36. The Balaban J connectivity index is 1.34. The van der Waals surface area contributed by atoms with Crippen LogP contribution in [0.3, 0.4) is 0 Å². The van der Waals surface area contributed by atoms with Gasteiger partial charge in [-0.25, -0.2) is 24.4 Å². The summed E-state index contributed by atoms with van der Waals surface area (Å²) < 4.78 is 44.6. The standard InChI is InChI=1S/C43H32FN5O2S2/c1-45-26-11-27-53(50,51)41-25-23-39(52-41)38-28-46-40-24-20-32(29-48(38)40)37-30-49(47-42(37)31-18-21-36(44)22-19-31)43(33-12-5-2-6-13-33,34-14-7-3-8-15-34)35-16-9-4-10-17-35/h2-10,12-25,28-30H,11,26-27H2. The summed E-state index contributed by atoms with van der Waals surface area (Å²) >= 11 is 1.20. The maximum Gasteiger partial charge on any atom is 0.215 e. The third-order valence-corrected chi connectivity index (χ3v) is 12.9. The summed E-state index contributed by atoms with van der Waals surface area (Å²) in [5.41, 5.74) is 6.69. The molecular weight excluding hydrogens is 702 g/mol. The Bertz CT molecular complexity index is 2580. The molecule has 0 N–H and O–H groups in total. The van der Waals surface area contributed by atoms with Crippen LogP contribution in [-0.4, -0.2) is 39.9 Å². The second kappa shape index (κ2) is 14.1. The summed E-state index contributed by atoms with van der Waals surface area (Å²) in [4.78, 5) is 8.68. The number of halogens is 1. The molecule has 0 unspecified atom stereocenters. The highest BCUT2D eigenvalue weighted by atomic mass is 32.2. The van der Waals surface area contributed by atoms with E-state index in [1.165, 1.54) is 23.5 Å². The molecule has 4 aromatic carbocycles. The van der Waals surface area contributed by atoms with Crippen LogP contribution >= 0.6 is 11.3 Å². The predicted octanol–water partition coefficient (Wildman–Crippen LogP) is 9.66. The van der Waals surface area contributed by atoms with Crippen molar-refractivity contribution in [3.8, 4) is 33.0 Å². The first-order valence-electron chi connectivity index (χ1n) is 17.0. The number of pyridine rings is 1. The molecule has 8 aromatic rings. The van der Waals surface area contributed by atoms with Gasteiger partial charge in [0.05, 0.1) is 22.5 Å². The van der Waals surface area contributed by atoms with E-state index in [0.29, 0.717) is 17.8 Å². The number of hydrogen-bond donors (Lipinski definition) is 0. The predicted molar refractivity (Wildman–Crippen MR) is 208 cm³/mol. The number of rotatable bonds is 11. The van der Waals surface area contributed by atoms with E-state index in [9.17, 15) is 12.8 Å². The van der Waals surface area contributed by atoms with Gasteiger partial charge in [-0.2, -0.15) is 5.10 Å². The molecule has 0 saturated carbocycles. The Morgan fingerprint density at radius 3 is 1.94 bits per heavy atom. The van der Waals surface area contributed by atoms with Crippen molar-refractivity contribution in [1.82, 2.24) is 19.2 Å². The molecule has 0 aliphatic rings. The van der Waals surface area contributed by atoms with Crippen LogP contribution in [0.2, 0.25) is 0 Å². The average Bonchev–Trinajstić information content (AvgIpc) is 3.96. The molecule has 0 fully saturated rings. The molecule has 0 saturated heterocycles. The molecule has 4 aromatic heterocycles. The summed E-state index contributed by atoms with van der Waals surface area (Å²) in [6, 6.07) is 44.6. The van der Waals surface area contributed by atoms with Crippen molar-refractivity contribution in [2.75, 3.05) is 12.3 Å². The van der Waals surface area contributed by atoms with Crippen molar-refractivity contribution in [2.45, 2.75) is 16.2 Å². The summed E-state index contributed by atoms with van der Waals surface area (Å²) in [6.45, 7) is 7.17. The summed E-state index contributed by atoms with van der Waals surface area (Å²) in [5, 5.41) is 5.38. The van der Waals surface area contributed by atoms with Gasteiger partial charge in [-0.1, -0.05) is 91.0 Å². The van der Waals surface area contributed by atoms with E-state index in [4.69, 9.17) is 11.7 Å². The average molecular weight is 734 g/mol. The van der Waals surface area contributed by atoms with Crippen molar-refractivity contribution in [1.29, 1.82) is 0 Å². The molecule has 8 rings (SSSR count). The largest absolute Gasteiger partial charge is 0.317 e. The third kappa shape index (κ3) is 6.24. The highest BCUT2D eigenvalue weighted by Gasteiger charge is 2.40. The molecule has 10 heteroatoms. The van der Waals surface area contributed by atoms with Crippen LogP contribution in [0.1, 0.15) is 23.1 Å². The first-order valence-corrected chi connectivity index (χ1v) is 19.5. The van der Waals surface area contributed by atoms with Gasteiger partial charge in [0.15, 0.2) is 9.84 Å². The van der Waals surface area contributed by atoms with E-state index in [1.807, 2.05) is 82.0 Å². The molecule has 4 heterocycles. The van der Waals surface area contributed by atoms with Gasteiger partial charge in [0.2, 0.25) is 6.54 Å². The molecule has 260 valence electrons. The first kappa shape index (κ1) is 34.0. The van der Waals surface area contributed by atoms with E-state index in [-0.39, 0.29) is 22.3 Å². The van der Waals surface area contributed by atoms with Gasteiger partial charge >= 0.3 is 0 Å². The van der Waals surface area contributed by atoms with Gasteiger partial charge in [-0.15, -0.1) is 11.3 Å². The van der Waals surface area contributed by atoms with Crippen LogP contribution in [0.15, 0.2) is 162 Å². The third-order valence-electron chi connectivity index (χ3n) is 9.39. The lowest BCUT2D eigenvalue weighted by atomic mass is 9.77. The number of nitrogens with zero attached hydrogens (tertiary/aromatic N) is 5. The second-order valence-electron chi connectivity index (χ2n) is 12.6. The molecule has 0 aliphatic heterocycles. The lowest BCUT2D eigenvalue weighted by Crippen LogP contribution is -2.38. The molecule has 0 aliphatic carbocycles. The first-order chi connectivity index (χ1) is 25.9. The number of fused-ring (bicyclic) bond motifs is 1. The number of thiophene rings is 1. The number of sulfone groups is 1. The zero-order valence-corrected chi connectivity index (χ0v) is 30.0. The van der Waals surface area contributed by atoms with Crippen molar-refractivity contribution < 1.29 is 12.8 Å². The highest BCUT2D eigenvalue weighted by molar-refractivity contribution is 7.93. The number of aromatic nitrogens is 4. The molecule has 0 amide bonds. The van der Waals surface area contributed by atoms with Crippen molar-refractivity contribution in [3.05, 3.63) is 192 Å². The molecule has 0 atom stereocenters. The molecule has 0 bridgehead atoms. The smallest absolute Gasteiger partial charge is 0.215 e. The minimum Gasteiger partial charge on any atom is -0.317 e. The van der Waals surface area contributed by atoms with Crippen molar-refractivity contribution >= 4 is 26.8 Å². The molecular formula is C43H32FN5O2S2. The Kier molecular flexibility index (Phi) is 9.04. The van der Waals surface area contributed by atoms with Gasteiger partial charge in [0.1, 0.15) is 26.9 Å². The molecule has 7 nitrogen and oxygen atoms in total. The maximum absolute atomic E-state index is 14.3. The second-order valence-corrected chi connectivity index (χ2v) is 16.0. The van der Waals surface area contributed by atoms with Crippen LogP contribution in [-0.2, 0) is 15.4 Å². The normalized spacial score (nSPS) is 11.8. The fraction of sp³-hybridized carbons (Fsp3) is 0.0930. The summed E-state index contributed by atoms with van der Waals surface area (Å²) in [6.07, 6.45) is 6.09. The van der Waals surface area contributed by atoms with Crippen LogP contribution < -0.4 is 0 Å². The summed E-state index contributed by atoms with van der Waals surface area (Å²) in [7, 11) is -3.52. The Morgan fingerprint density at radius 2 is 1.34 bits per heavy atom. The van der Waals surface area contributed by atoms with Gasteiger partial charge < -0.3 is 4.85 Å². The van der Waals surface area contributed by atoms with Crippen LogP contribution in [0.25, 0.3) is 43.4 Å². The Morgan fingerprint density at radius 1 is 0.736 bits per heavy atom. The van der Waals surface area contributed by atoms with E-state index < -0.39 is 15.4 Å². The van der Waals surface area contributed by atoms with Crippen molar-refractivity contribution in [2.24, 2.45) is 0 Å². The van der Waals surface area contributed by atoms with E-state index in [2.05, 4.69) is 52.4 Å². The highest BCUT2D eigenvalue weighted by Crippen LogP contribution is 2.43.